The van der Waals surface area contributed by atoms with E-state index in [4.69, 9.17) is 0 Å². The summed E-state index contributed by atoms with van der Waals surface area (Å²) >= 11 is 0. The van der Waals surface area contributed by atoms with Crippen molar-refractivity contribution in [2.75, 3.05) is 7.05 Å². The topological polar surface area (TPSA) is 46.9 Å². The molecular weight excluding hydrogens is 226 g/mol. The fraction of sp³-hybridized carbons (Fsp3) is 0.286. The molecule has 1 atom stereocenters. The summed E-state index contributed by atoms with van der Waals surface area (Å²) in [6, 6.07) is 11.4. The maximum atomic E-state index is 11.7. The molecule has 0 saturated heterocycles. The van der Waals surface area contributed by atoms with Gasteiger partial charge in [0.1, 0.15) is 0 Å². The Labute approximate surface area is 106 Å². The maximum Gasteiger partial charge on any atom is 0.266 e. The molecule has 0 fully saturated rings. The molecule has 0 amide bonds. The van der Waals surface area contributed by atoms with Gasteiger partial charge in [0.25, 0.3) is 5.56 Å². The molecule has 94 valence electrons. The Morgan fingerprint density at radius 3 is 2.72 bits per heavy atom. The lowest BCUT2D eigenvalue weighted by Gasteiger charge is -2.19. The van der Waals surface area contributed by atoms with Crippen LogP contribution in [-0.2, 0) is 6.54 Å². The van der Waals surface area contributed by atoms with E-state index in [1.165, 1.54) is 21.9 Å². The molecule has 1 N–H and O–H groups in total. The molecule has 0 aliphatic rings. The van der Waals surface area contributed by atoms with Crippen LogP contribution in [0.25, 0.3) is 0 Å². The Bertz CT molecular complexity index is 577. The number of benzene rings is 1. The number of rotatable bonds is 4. The molecule has 4 heteroatoms. The van der Waals surface area contributed by atoms with Gasteiger partial charge in [-0.25, -0.2) is 4.68 Å². The fourth-order valence-electron chi connectivity index (χ4n) is 2.02. The SMILES string of the molecule is CNC(Cn1ncccc1=O)c1ccccc1C. The van der Waals surface area contributed by atoms with Crippen LogP contribution >= 0.6 is 0 Å². The number of aromatic nitrogens is 2. The lowest BCUT2D eigenvalue weighted by atomic mass is 10.0. The third-order valence-electron chi connectivity index (χ3n) is 3.05. The minimum Gasteiger partial charge on any atom is -0.311 e. The van der Waals surface area contributed by atoms with E-state index in [-0.39, 0.29) is 11.6 Å². The molecular formula is C14H17N3O. The zero-order valence-corrected chi connectivity index (χ0v) is 10.6. The minimum atomic E-state index is -0.0775. The van der Waals surface area contributed by atoms with Crippen molar-refractivity contribution in [3.05, 3.63) is 64.1 Å². The number of aryl methyl sites for hydroxylation is 1. The molecule has 1 aromatic heterocycles. The molecule has 0 saturated carbocycles. The first kappa shape index (κ1) is 12.5. The minimum absolute atomic E-state index is 0.0775. The monoisotopic (exact) mass is 243 g/mol. The Morgan fingerprint density at radius 1 is 1.28 bits per heavy atom. The summed E-state index contributed by atoms with van der Waals surface area (Å²) in [5.41, 5.74) is 2.32. The highest BCUT2D eigenvalue weighted by atomic mass is 16.1. The first-order chi connectivity index (χ1) is 8.72. The standard InChI is InChI=1S/C14H17N3O/c1-11-6-3-4-7-12(11)13(15-2)10-17-14(18)8-5-9-16-17/h3-9,13,15H,10H2,1-2H3. The largest absolute Gasteiger partial charge is 0.311 e. The van der Waals surface area contributed by atoms with Gasteiger partial charge in [0.15, 0.2) is 0 Å². The Kier molecular flexibility index (Phi) is 3.89. The van der Waals surface area contributed by atoms with Crippen LogP contribution in [0, 0.1) is 6.92 Å². The average Bonchev–Trinajstić information content (AvgIpc) is 2.39. The van der Waals surface area contributed by atoms with Gasteiger partial charge in [-0.3, -0.25) is 4.79 Å². The van der Waals surface area contributed by atoms with E-state index in [9.17, 15) is 4.79 Å². The zero-order valence-electron chi connectivity index (χ0n) is 10.6. The Morgan fingerprint density at radius 2 is 2.06 bits per heavy atom. The second-order valence-corrected chi connectivity index (χ2v) is 4.24. The summed E-state index contributed by atoms with van der Waals surface area (Å²) in [7, 11) is 1.89. The molecule has 2 rings (SSSR count). The molecule has 0 aliphatic carbocycles. The molecule has 2 aromatic rings. The Hall–Kier alpha value is -1.94. The smallest absolute Gasteiger partial charge is 0.266 e. The summed E-state index contributed by atoms with van der Waals surface area (Å²) in [5, 5.41) is 7.32. The van der Waals surface area contributed by atoms with Crippen LogP contribution in [0.4, 0.5) is 0 Å². The second kappa shape index (κ2) is 5.60. The highest BCUT2D eigenvalue weighted by Crippen LogP contribution is 2.17. The maximum absolute atomic E-state index is 11.7. The van der Waals surface area contributed by atoms with Crippen LogP contribution < -0.4 is 10.9 Å². The molecule has 4 nitrogen and oxygen atoms in total. The number of nitrogens with zero attached hydrogens (tertiary/aromatic N) is 2. The third-order valence-corrected chi connectivity index (χ3v) is 3.05. The van der Waals surface area contributed by atoms with Gasteiger partial charge in [-0.1, -0.05) is 24.3 Å². The number of nitrogens with one attached hydrogen (secondary N) is 1. The van der Waals surface area contributed by atoms with Gasteiger partial charge in [-0.2, -0.15) is 5.10 Å². The second-order valence-electron chi connectivity index (χ2n) is 4.24. The number of likely N-dealkylation sites (N-methyl/N-ethyl adjacent to an activating group) is 1. The molecule has 0 radical (unpaired) electrons. The van der Waals surface area contributed by atoms with Gasteiger partial charge in [0.2, 0.25) is 0 Å². The van der Waals surface area contributed by atoms with Crippen molar-refractivity contribution in [1.82, 2.24) is 15.1 Å². The van der Waals surface area contributed by atoms with Gasteiger partial charge < -0.3 is 5.32 Å². The summed E-state index contributed by atoms with van der Waals surface area (Å²) in [6.45, 7) is 2.60. The summed E-state index contributed by atoms with van der Waals surface area (Å²) in [6.07, 6.45) is 1.63. The normalized spacial score (nSPS) is 12.3. The van der Waals surface area contributed by atoms with Crippen LogP contribution in [0.2, 0.25) is 0 Å². The van der Waals surface area contributed by atoms with Crippen molar-refractivity contribution in [1.29, 1.82) is 0 Å². The molecule has 1 unspecified atom stereocenters. The zero-order chi connectivity index (χ0) is 13.0. The summed E-state index contributed by atoms with van der Waals surface area (Å²) < 4.78 is 1.48. The van der Waals surface area contributed by atoms with Crippen molar-refractivity contribution < 1.29 is 0 Å². The van der Waals surface area contributed by atoms with E-state index in [0.717, 1.165) is 0 Å². The van der Waals surface area contributed by atoms with Crippen molar-refractivity contribution in [3.8, 4) is 0 Å². The van der Waals surface area contributed by atoms with Gasteiger partial charge in [0, 0.05) is 12.3 Å². The van der Waals surface area contributed by atoms with E-state index >= 15 is 0 Å². The van der Waals surface area contributed by atoms with Gasteiger partial charge in [0.05, 0.1) is 12.6 Å². The quantitative estimate of drug-likeness (QED) is 0.885. The van der Waals surface area contributed by atoms with Crippen LogP contribution in [0.15, 0.2) is 47.4 Å². The number of hydrogen-bond acceptors (Lipinski definition) is 3. The molecule has 0 bridgehead atoms. The Balaban J connectivity index is 2.29. The van der Waals surface area contributed by atoms with Gasteiger partial charge >= 0.3 is 0 Å². The lowest BCUT2D eigenvalue weighted by Crippen LogP contribution is -2.30. The van der Waals surface area contributed by atoms with E-state index < -0.39 is 0 Å². The highest BCUT2D eigenvalue weighted by Gasteiger charge is 2.12. The first-order valence-corrected chi connectivity index (χ1v) is 5.97. The van der Waals surface area contributed by atoms with E-state index in [2.05, 4.69) is 29.5 Å². The van der Waals surface area contributed by atoms with Crippen LogP contribution in [0.1, 0.15) is 17.2 Å². The van der Waals surface area contributed by atoms with E-state index in [1.54, 1.807) is 12.3 Å². The van der Waals surface area contributed by atoms with Gasteiger partial charge in [-0.15, -0.1) is 0 Å². The summed E-state index contributed by atoms with van der Waals surface area (Å²) in [5.74, 6) is 0. The van der Waals surface area contributed by atoms with Gasteiger partial charge in [-0.05, 0) is 31.2 Å². The van der Waals surface area contributed by atoms with Crippen molar-refractivity contribution in [2.24, 2.45) is 0 Å². The molecule has 0 spiro atoms. The number of hydrogen-bond donors (Lipinski definition) is 1. The van der Waals surface area contributed by atoms with Crippen molar-refractivity contribution in [2.45, 2.75) is 19.5 Å². The fourth-order valence-corrected chi connectivity index (χ4v) is 2.02. The molecule has 1 heterocycles. The van der Waals surface area contributed by atoms with E-state index in [1.807, 2.05) is 19.2 Å². The van der Waals surface area contributed by atoms with Crippen molar-refractivity contribution >= 4 is 0 Å². The first-order valence-electron chi connectivity index (χ1n) is 5.97. The predicted octanol–water partition coefficient (Wildman–Crippen LogP) is 1.51. The van der Waals surface area contributed by atoms with Crippen LogP contribution in [0.5, 0.6) is 0 Å². The summed E-state index contributed by atoms with van der Waals surface area (Å²) in [4.78, 5) is 11.7. The average molecular weight is 243 g/mol. The highest BCUT2D eigenvalue weighted by molar-refractivity contribution is 5.28. The lowest BCUT2D eigenvalue weighted by molar-refractivity contribution is 0.450. The van der Waals surface area contributed by atoms with Crippen LogP contribution in [-0.4, -0.2) is 16.8 Å². The molecule has 18 heavy (non-hydrogen) atoms. The molecule has 0 aliphatic heterocycles. The van der Waals surface area contributed by atoms with E-state index in [0.29, 0.717) is 6.54 Å². The predicted molar refractivity (Wildman–Crippen MR) is 71.5 cm³/mol. The molecule has 1 aromatic carbocycles. The van der Waals surface area contributed by atoms with Crippen molar-refractivity contribution in [3.63, 3.8) is 0 Å². The third kappa shape index (κ3) is 2.65. The van der Waals surface area contributed by atoms with Crippen LogP contribution in [0.3, 0.4) is 0 Å².